The number of nitrogens with one attached hydrogen (secondary N) is 2. The molecule has 3 aromatic carbocycles. The maximum Gasteiger partial charge on any atom is 0.197 e. The van der Waals surface area contributed by atoms with Crippen molar-refractivity contribution in [1.29, 1.82) is 0 Å². The number of fused-ring (bicyclic) bond motifs is 4. The maximum atomic E-state index is 13.5. The zero-order valence-electron chi connectivity index (χ0n) is 13.8. The third kappa shape index (κ3) is 2.00. The Labute approximate surface area is 145 Å². The smallest absolute Gasteiger partial charge is 0.197 e. The lowest BCUT2D eigenvalue weighted by Gasteiger charge is -2.07. The van der Waals surface area contributed by atoms with Crippen molar-refractivity contribution in [2.75, 3.05) is 0 Å². The zero-order chi connectivity index (χ0) is 18.0. The molecule has 0 bridgehead atoms. The molecule has 5 rings (SSSR count). The summed E-state index contributed by atoms with van der Waals surface area (Å²) < 4.78 is 13.5. The molecule has 2 heterocycles. The molecule has 26 heavy (non-hydrogen) atoms. The van der Waals surface area contributed by atoms with Crippen LogP contribution in [-0.4, -0.2) is 9.97 Å². The van der Waals surface area contributed by atoms with Gasteiger partial charge in [0.05, 0.1) is 11.0 Å². The number of aryl methyl sites for hydroxylation is 1. The van der Waals surface area contributed by atoms with Gasteiger partial charge in [-0.1, -0.05) is 11.6 Å². The van der Waals surface area contributed by atoms with Crippen molar-refractivity contribution in [3.63, 3.8) is 0 Å². The summed E-state index contributed by atoms with van der Waals surface area (Å²) in [5, 5.41) is 1.82. The predicted octanol–water partition coefficient (Wildman–Crippen LogP) is 4.12. The average molecular weight is 344 g/mol. The largest absolute Gasteiger partial charge is 0.354 e. The number of H-pyrrole nitrogens is 2. The summed E-state index contributed by atoms with van der Waals surface area (Å²) in [6, 6.07) is 13.0. The first-order valence-electron chi connectivity index (χ1n) is 8.23. The van der Waals surface area contributed by atoms with Gasteiger partial charge in [0.15, 0.2) is 10.9 Å². The molecule has 0 radical (unpaired) electrons. The highest BCUT2D eigenvalue weighted by Crippen LogP contribution is 2.22. The number of aromatic amines is 2. The monoisotopic (exact) mass is 344 g/mol. The molecule has 0 atom stereocenters. The van der Waals surface area contributed by atoms with E-state index in [1.165, 1.54) is 18.2 Å². The Morgan fingerprint density at radius 3 is 1.77 bits per heavy atom. The van der Waals surface area contributed by atoms with Gasteiger partial charge in [-0.15, -0.1) is 0 Å². The fourth-order valence-corrected chi connectivity index (χ4v) is 3.53. The zero-order valence-corrected chi connectivity index (χ0v) is 13.8. The van der Waals surface area contributed by atoms with E-state index >= 15 is 0 Å². The van der Waals surface area contributed by atoms with E-state index < -0.39 is 5.82 Å². The van der Waals surface area contributed by atoms with E-state index in [4.69, 9.17) is 0 Å². The summed E-state index contributed by atoms with van der Waals surface area (Å²) in [7, 11) is 0. The third-order valence-electron chi connectivity index (χ3n) is 4.83. The van der Waals surface area contributed by atoms with Gasteiger partial charge in [0.1, 0.15) is 5.82 Å². The quantitative estimate of drug-likeness (QED) is 0.415. The van der Waals surface area contributed by atoms with Gasteiger partial charge in [0.2, 0.25) is 0 Å². The van der Waals surface area contributed by atoms with E-state index in [-0.39, 0.29) is 16.2 Å². The van der Waals surface area contributed by atoms with Gasteiger partial charge in [0, 0.05) is 32.6 Å². The van der Waals surface area contributed by atoms with Crippen molar-refractivity contribution < 1.29 is 4.39 Å². The van der Waals surface area contributed by atoms with Crippen molar-refractivity contribution in [2.45, 2.75) is 6.92 Å². The molecular formula is C21H13FN2O2. The lowest BCUT2D eigenvalue weighted by Crippen LogP contribution is -2.08. The molecule has 0 aliphatic rings. The van der Waals surface area contributed by atoms with Crippen molar-refractivity contribution in [3.8, 4) is 0 Å². The van der Waals surface area contributed by atoms with E-state index in [1.807, 2.05) is 25.1 Å². The van der Waals surface area contributed by atoms with Gasteiger partial charge < -0.3 is 9.97 Å². The molecule has 0 saturated carbocycles. The Bertz CT molecular complexity index is 1380. The van der Waals surface area contributed by atoms with Gasteiger partial charge in [-0.3, -0.25) is 9.59 Å². The first-order valence-corrected chi connectivity index (χ1v) is 8.23. The fraction of sp³-hybridized carbons (Fsp3) is 0.0476. The van der Waals surface area contributed by atoms with Crippen LogP contribution in [0.5, 0.6) is 0 Å². The first-order chi connectivity index (χ1) is 12.5. The van der Waals surface area contributed by atoms with E-state index in [0.717, 1.165) is 11.1 Å². The Hall–Kier alpha value is -3.47. The lowest BCUT2D eigenvalue weighted by molar-refractivity contribution is 0.629. The number of hydrogen-bond donors (Lipinski definition) is 2. The van der Waals surface area contributed by atoms with Crippen molar-refractivity contribution >= 4 is 43.6 Å². The molecule has 4 nitrogen and oxygen atoms in total. The van der Waals surface area contributed by atoms with Gasteiger partial charge in [0.25, 0.3) is 0 Å². The summed E-state index contributed by atoms with van der Waals surface area (Å²) >= 11 is 0. The van der Waals surface area contributed by atoms with Crippen LogP contribution in [0.3, 0.4) is 0 Å². The molecule has 0 amide bonds. The normalized spacial score (nSPS) is 11.8. The Balaban J connectivity index is 2.00. The van der Waals surface area contributed by atoms with Crippen molar-refractivity contribution in [2.24, 2.45) is 0 Å². The average Bonchev–Trinajstić information content (AvgIpc) is 2.63. The summed E-state index contributed by atoms with van der Waals surface area (Å²) in [5.74, 6) is -0.460. The number of halogens is 1. The molecule has 2 N–H and O–H groups in total. The molecular weight excluding hydrogens is 331 g/mol. The number of hydrogen-bond acceptors (Lipinski definition) is 2. The molecule has 0 aliphatic carbocycles. The van der Waals surface area contributed by atoms with Crippen molar-refractivity contribution in [1.82, 2.24) is 9.97 Å². The van der Waals surface area contributed by atoms with Crippen LogP contribution in [0.1, 0.15) is 5.56 Å². The second kappa shape index (κ2) is 5.02. The van der Waals surface area contributed by atoms with Crippen LogP contribution >= 0.6 is 0 Å². The van der Waals surface area contributed by atoms with E-state index in [1.54, 1.807) is 12.1 Å². The number of aromatic nitrogens is 2. The molecule has 0 spiro atoms. The Morgan fingerprint density at radius 2 is 1.15 bits per heavy atom. The first kappa shape index (κ1) is 14.8. The SMILES string of the molecule is Cc1ccc2[nH]c3cc4c(=O)c5cc(F)ccc5[nH]c4cc3c(=O)c2c1. The molecule has 0 unspecified atom stereocenters. The molecule has 2 aromatic heterocycles. The van der Waals surface area contributed by atoms with Crippen LogP contribution in [0.4, 0.5) is 4.39 Å². The van der Waals surface area contributed by atoms with E-state index in [9.17, 15) is 14.0 Å². The van der Waals surface area contributed by atoms with Crippen LogP contribution in [0.25, 0.3) is 43.6 Å². The maximum absolute atomic E-state index is 13.5. The molecule has 0 fully saturated rings. The van der Waals surface area contributed by atoms with Gasteiger partial charge in [-0.2, -0.15) is 0 Å². The summed E-state index contributed by atoms with van der Waals surface area (Å²) in [6.45, 7) is 1.94. The summed E-state index contributed by atoms with van der Waals surface area (Å²) in [6.07, 6.45) is 0. The number of benzene rings is 3. The molecule has 5 aromatic rings. The molecule has 0 aliphatic heterocycles. The minimum absolute atomic E-state index is 0.0839. The second-order valence-corrected chi connectivity index (χ2v) is 6.59. The van der Waals surface area contributed by atoms with Gasteiger partial charge in [-0.05, 0) is 49.4 Å². The van der Waals surface area contributed by atoms with Gasteiger partial charge >= 0.3 is 0 Å². The number of rotatable bonds is 0. The molecule has 0 saturated heterocycles. The summed E-state index contributed by atoms with van der Waals surface area (Å²) in [5.41, 5.74) is 3.05. The van der Waals surface area contributed by atoms with Gasteiger partial charge in [-0.25, -0.2) is 4.39 Å². The summed E-state index contributed by atoms with van der Waals surface area (Å²) in [4.78, 5) is 32.1. The number of pyridine rings is 2. The Morgan fingerprint density at radius 1 is 0.654 bits per heavy atom. The Kier molecular flexibility index (Phi) is 2.86. The minimum Gasteiger partial charge on any atom is -0.354 e. The standard InChI is InChI=1S/C21H13FN2O2/c1-10-2-4-16-12(6-10)20(25)14-8-19-15(9-18(14)23-16)21(26)13-7-11(22)3-5-17(13)24-19/h2-9H,1H3,(H,23,25)(H,24,26). The van der Waals surface area contributed by atoms with Crippen molar-refractivity contribution in [3.05, 3.63) is 80.4 Å². The highest BCUT2D eigenvalue weighted by molar-refractivity contribution is 6.02. The van der Waals surface area contributed by atoms with Crippen LogP contribution in [-0.2, 0) is 0 Å². The van der Waals surface area contributed by atoms with E-state index in [2.05, 4.69) is 9.97 Å². The van der Waals surface area contributed by atoms with Crippen LogP contribution in [0.15, 0.2) is 58.1 Å². The topological polar surface area (TPSA) is 65.7 Å². The lowest BCUT2D eigenvalue weighted by atomic mass is 10.0. The highest BCUT2D eigenvalue weighted by atomic mass is 19.1. The fourth-order valence-electron chi connectivity index (χ4n) is 3.53. The highest BCUT2D eigenvalue weighted by Gasteiger charge is 2.11. The second-order valence-electron chi connectivity index (χ2n) is 6.59. The minimum atomic E-state index is -0.460. The van der Waals surface area contributed by atoms with E-state index in [0.29, 0.717) is 32.7 Å². The van der Waals surface area contributed by atoms with Crippen LogP contribution in [0.2, 0.25) is 0 Å². The third-order valence-corrected chi connectivity index (χ3v) is 4.83. The predicted molar refractivity (Wildman–Crippen MR) is 102 cm³/mol. The van der Waals surface area contributed by atoms with Crippen LogP contribution in [0, 0.1) is 12.7 Å². The molecule has 5 heteroatoms. The molecule has 126 valence electrons. The van der Waals surface area contributed by atoms with Crippen LogP contribution < -0.4 is 10.9 Å².